The van der Waals surface area contributed by atoms with E-state index in [1.807, 2.05) is 12.1 Å². The van der Waals surface area contributed by atoms with Crippen LogP contribution in [0, 0.1) is 0 Å². The Morgan fingerprint density at radius 3 is 2.27 bits per heavy atom. The lowest BCUT2D eigenvalue weighted by Crippen LogP contribution is -2.43. The van der Waals surface area contributed by atoms with E-state index in [4.69, 9.17) is 0 Å². The van der Waals surface area contributed by atoms with Gasteiger partial charge in [-0.15, -0.1) is 0 Å². The van der Waals surface area contributed by atoms with Crippen molar-refractivity contribution in [2.75, 3.05) is 6.54 Å². The van der Waals surface area contributed by atoms with Crippen molar-refractivity contribution in [2.45, 2.75) is 38.3 Å². The molecule has 0 radical (unpaired) electrons. The highest BCUT2D eigenvalue weighted by molar-refractivity contribution is 5.35. The van der Waals surface area contributed by atoms with E-state index in [0.717, 1.165) is 12.8 Å². The first-order valence-corrected chi connectivity index (χ1v) is 5.62. The maximum absolute atomic E-state index is 10.4. The van der Waals surface area contributed by atoms with Gasteiger partial charge < -0.3 is 10.4 Å². The van der Waals surface area contributed by atoms with E-state index in [-0.39, 0.29) is 0 Å². The number of nitrogens with one attached hydrogen (secondary N) is 1. The molecule has 0 spiro atoms. The fraction of sp³-hybridized carbons (Fsp3) is 0.538. The van der Waals surface area contributed by atoms with Crippen LogP contribution in [0.3, 0.4) is 0 Å². The molecule has 2 rings (SSSR count). The maximum Gasteiger partial charge on any atom is 0.0852 e. The van der Waals surface area contributed by atoms with E-state index in [0.29, 0.717) is 12.6 Å². The molecular weight excluding hydrogens is 186 g/mol. The molecule has 1 aromatic carbocycles. The van der Waals surface area contributed by atoms with E-state index in [1.54, 1.807) is 0 Å². The second-order valence-electron chi connectivity index (χ2n) is 4.88. The third-order valence-corrected chi connectivity index (χ3v) is 3.00. The topological polar surface area (TPSA) is 32.3 Å². The van der Waals surface area contributed by atoms with Gasteiger partial charge >= 0.3 is 0 Å². The molecule has 2 heteroatoms. The van der Waals surface area contributed by atoms with Crippen molar-refractivity contribution in [1.29, 1.82) is 0 Å². The summed E-state index contributed by atoms with van der Waals surface area (Å²) in [4.78, 5) is 0. The molecule has 0 atom stereocenters. The lowest BCUT2D eigenvalue weighted by atomic mass is 10.0. The van der Waals surface area contributed by atoms with Gasteiger partial charge in [0.25, 0.3) is 0 Å². The van der Waals surface area contributed by atoms with Crippen LogP contribution in [0.5, 0.6) is 0 Å². The lowest BCUT2D eigenvalue weighted by Gasteiger charge is -2.24. The van der Waals surface area contributed by atoms with Crippen LogP contribution in [0.2, 0.25) is 0 Å². The third kappa shape index (κ3) is 2.39. The molecule has 0 heterocycles. The van der Waals surface area contributed by atoms with Crippen molar-refractivity contribution in [3.8, 4) is 0 Å². The molecule has 1 aliphatic carbocycles. The molecule has 15 heavy (non-hydrogen) atoms. The van der Waals surface area contributed by atoms with E-state index in [9.17, 15) is 5.11 Å². The average Bonchev–Trinajstić information content (AvgIpc) is 2.52. The van der Waals surface area contributed by atoms with Crippen molar-refractivity contribution in [3.63, 3.8) is 0 Å². The van der Waals surface area contributed by atoms with Crippen LogP contribution in [0.25, 0.3) is 0 Å². The van der Waals surface area contributed by atoms with Gasteiger partial charge in [-0.1, -0.05) is 38.1 Å². The molecule has 82 valence electrons. The van der Waals surface area contributed by atoms with Gasteiger partial charge in [-0.2, -0.15) is 0 Å². The zero-order chi connectivity index (χ0) is 10.9. The summed E-state index contributed by atoms with van der Waals surface area (Å²) < 4.78 is 0. The Kier molecular flexibility index (Phi) is 2.81. The van der Waals surface area contributed by atoms with Crippen LogP contribution in [0.1, 0.15) is 25.0 Å². The quantitative estimate of drug-likeness (QED) is 0.784. The van der Waals surface area contributed by atoms with Crippen LogP contribution in [0.15, 0.2) is 24.3 Å². The van der Waals surface area contributed by atoms with Gasteiger partial charge in [0.1, 0.15) is 0 Å². The summed E-state index contributed by atoms with van der Waals surface area (Å²) in [6, 6.07) is 8.74. The molecule has 0 fully saturated rings. The first kappa shape index (κ1) is 10.7. The molecule has 2 N–H and O–H groups in total. The molecule has 0 saturated heterocycles. The van der Waals surface area contributed by atoms with E-state index < -0.39 is 5.60 Å². The van der Waals surface area contributed by atoms with Crippen LogP contribution in [-0.2, 0) is 12.8 Å². The standard InChI is InChI=1S/C13H19NO/c1-10(2)14-9-13(15)7-11-5-3-4-6-12(11)8-13/h3-6,10,14-15H,7-9H2,1-2H3. The number of rotatable bonds is 3. The SMILES string of the molecule is CC(C)NCC1(O)Cc2ccccc2C1. The average molecular weight is 205 g/mol. The molecule has 0 aromatic heterocycles. The fourth-order valence-electron chi connectivity index (χ4n) is 2.19. The Bertz CT molecular complexity index is 321. The van der Waals surface area contributed by atoms with Crippen molar-refractivity contribution in [1.82, 2.24) is 5.32 Å². The van der Waals surface area contributed by atoms with Crippen LogP contribution in [-0.4, -0.2) is 23.3 Å². The number of fused-ring (bicyclic) bond motifs is 1. The number of hydrogen-bond acceptors (Lipinski definition) is 2. The van der Waals surface area contributed by atoms with Crippen LogP contribution >= 0.6 is 0 Å². The number of hydrogen-bond donors (Lipinski definition) is 2. The van der Waals surface area contributed by atoms with E-state index in [2.05, 4.69) is 31.3 Å². The minimum atomic E-state index is -0.575. The van der Waals surface area contributed by atoms with Crippen LogP contribution < -0.4 is 5.32 Å². The summed E-state index contributed by atoms with van der Waals surface area (Å²) in [6.07, 6.45) is 1.56. The van der Waals surface area contributed by atoms with Crippen LogP contribution in [0.4, 0.5) is 0 Å². The fourth-order valence-corrected chi connectivity index (χ4v) is 2.19. The molecule has 0 unspecified atom stereocenters. The number of aliphatic hydroxyl groups is 1. The predicted octanol–water partition coefficient (Wildman–Crippen LogP) is 1.51. The highest BCUT2D eigenvalue weighted by atomic mass is 16.3. The monoisotopic (exact) mass is 205 g/mol. The highest BCUT2D eigenvalue weighted by Crippen LogP contribution is 2.29. The van der Waals surface area contributed by atoms with Gasteiger partial charge in [-0.3, -0.25) is 0 Å². The zero-order valence-corrected chi connectivity index (χ0v) is 9.46. The molecule has 0 bridgehead atoms. The van der Waals surface area contributed by atoms with E-state index >= 15 is 0 Å². The van der Waals surface area contributed by atoms with Gasteiger partial charge in [0, 0.05) is 25.4 Å². The molecule has 1 aliphatic rings. The zero-order valence-electron chi connectivity index (χ0n) is 9.46. The van der Waals surface area contributed by atoms with E-state index in [1.165, 1.54) is 11.1 Å². The Morgan fingerprint density at radius 2 is 1.80 bits per heavy atom. The second-order valence-corrected chi connectivity index (χ2v) is 4.88. The molecule has 0 aliphatic heterocycles. The number of benzene rings is 1. The Hall–Kier alpha value is -0.860. The minimum Gasteiger partial charge on any atom is -0.388 e. The lowest BCUT2D eigenvalue weighted by molar-refractivity contribution is 0.0494. The Morgan fingerprint density at radius 1 is 1.27 bits per heavy atom. The van der Waals surface area contributed by atoms with Gasteiger partial charge in [0.05, 0.1) is 5.60 Å². The summed E-state index contributed by atoms with van der Waals surface area (Å²) in [5.41, 5.74) is 2.02. The first-order chi connectivity index (χ1) is 7.09. The Balaban J connectivity index is 2.04. The smallest absolute Gasteiger partial charge is 0.0852 e. The van der Waals surface area contributed by atoms with Gasteiger partial charge in [0.2, 0.25) is 0 Å². The van der Waals surface area contributed by atoms with Gasteiger partial charge in [-0.05, 0) is 11.1 Å². The van der Waals surface area contributed by atoms with Crippen molar-refractivity contribution in [3.05, 3.63) is 35.4 Å². The summed E-state index contributed by atoms with van der Waals surface area (Å²) in [5.74, 6) is 0. The predicted molar refractivity (Wildman–Crippen MR) is 61.9 cm³/mol. The molecule has 0 amide bonds. The molecule has 2 nitrogen and oxygen atoms in total. The third-order valence-electron chi connectivity index (χ3n) is 3.00. The van der Waals surface area contributed by atoms with Crippen molar-refractivity contribution < 1.29 is 5.11 Å². The molecular formula is C13H19NO. The second kappa shape index (κ2) is 3.95. The van der Waals surface area contributed by atoms with Gasteiger partial charge in [-0.25, -0.2) is 0 Å². The van der Waals surface area contributed by atoms with Gasteiger partial charge in [0.15, 0.2) is 0 Å². The normalized spacial score (nSPS) is 18.1. The maximum atomic E-state index is 10.4. The summed E-state index contributed by atoms with van der Waals surface area (Å²) in [7, 11) is 0. The highest BCUT2D eigenvalue weighted by Gasteiger charge is 2.34. The van der Waals surface area contributed by atoms with Crippen molar-refractivity contribution >= 4 is 0 Å². The van der Waals surface area contributed by atoms with Crippen molar-refractivity contribution in [2.24, 2.45) is 0 Å². The summed E-state index contributed by atoms with van der Waals surface area (Å²) >= 11 is 0. The largest absolute Gasteiger partial charge is 0.388 e. The summed E-state index contributed by atoms with van der Waals surface area (Å²) in [5, 5.41) is 13.7. The molecule has 0 saturated carbocycles. The Labute approximate surface area is 91.3 Å². The summed E-state index contributed by atoms with van der Waals surface area (Å²) in [6.45, 7) is 4.89. The minimum absolute atomic E-state index is 0.428. The first-order valence-electron chi connectivity index (χ1n) is 5.62. The molecule has 1 aromatic rings.